The quantitative estimate of drug-likeness (QED) is 0.751. The molecule has 1 aliphatic heterocycles. The van der Waals surface area contributed by atoms with Gasteiger partial charge in [0.25, 0.3) is 11.8 Å². The van der Waals surface area contributed by atoms with Crippen LogP contribution in [-0.4, -0.2) is 50.0 Å². The molecule has 29 heavy (non-hydrogen) atoms. The fraction of sp³-hybridized carbons (Fsp3) is 0.381. The zero-order chi connectivity index (χ0) is 21.0. The summed E-state index contributed by atoms with van der Waals surface area (Å²) in [5.74, 6) is -0.432. The molecule has 2 aromatic rings. The molecule has 7 nitrogen and oxygen atoms in total. The molecule has 0 radical (unpaired) electrons. The third-order valence-corrected chi connectivity index (χ3v) is 6.15. The fourth-order valence-corrected chi connectivity index (χ4v) is 4.47. The Kier molecular flexibility index (Phi) is 6.53. The van der Waals surface area contributed by atoms with Crippen molar-refractivity contribution in [2.45, 2.75) is 26.2 Å². The molecule has 8 heteroatoms. The molecular weight excluding hydrogens is 392 g/mol. The van der Waals surface area contributed by atoms with E-state index < -0.39 is 5.97 Å². The number of nitrogens with zero attached hydrogens (tertiary/aromatic N) is 1. The van der Waals surface area contributed by atoms with Gasteiger partial charge >= 0.3 is 5.97 Å². The molecule has 3 rings (SSSR count). The van der Waals surface area contributed by atoms with E-state index in [1.165, 1.54) is 7.11 Å². The molecule has 2 amide bonds. The van der Waals surface area contributed by atoms with Crippen molar-refractivity contribution in [3.63, 3.8) is 0 Å². The van der Waals surface area contributed by atoms with Gasteiger partial charge in [-0.25, -0.2) is 4.79 Å². The molecule has 1 aliphatic rings. The number of carbonyl (C=O) groups excluding carboxylic acids is 3. The predicted octanol–water partition coefficient (Wildman–Crippen LogP) is 3.73. The largest absolute Gasteiger partial charge is 0.497 e. The van der Waals surface area contributed by atoms with Crippen LogP contribution in [-0.2, 0) is 4.74 Å². The van der Waals surface area contributed by atoms with Crippen LogP contribution in [0.1, 0.15) is 55.2 Å². The van der Waals surface area contributed by atoms with Gasteiger partial charge in [-0.15, -0.1) is 11.3 Å². The van der Waals surface area contributed by atoms with E-state index >= 15 is 0 Å². The maximum atomic E-state index is 13.0. The van der Waals surface area contributed by atoms with Crippen LogP contribution >= 0.6 is 11.3 Å². The number of piperidine rings is 1. The predicted molar refractivity (Wildman–Crippen MR) is 111 cm³/mol. The highest BCUT2D eigenvalue weighted by atomic mass is 32.1. The van der Waals surface area contributed by atoms with Gasteiger partial charge in [0.2, 0.25) is 0 Å². The summed E-state index contributed by atoms with van der Waals surface area (Å²) in [4.78, 5) is 40.3. The van der Waals surface area contributed by atoms with E-state index in [4.69, 9.17) is 9.47 Å². The Labute approximate surface area is 173 Å². The first-order chi connectivity index (χ1) is 14.0. The van der Waals surface area contributed by atoms with E-state index in [1.54, 1.807) is 43.2 Å². The number of amides is 2. The number of hydrogen-bond acceptors (Lipinski definition) is 6. The lowest BCUT2D eigenvalue weighted by molar-refractivity contribution is 0.0601. The van der Waals surface area contributed by atoms with Crippen molar-refractivity contribution in [2.75, 3.05) is 32.6 Å². The van der Waals surface area contributed by atoms with Crippen LogP contribution in [0.2, 0.25) is 0 Å². The molecule has 0 bridgehead atoms. The number of likely N-dealkylation sites (tertiary alicyclic amines) is 1. The number of nitrogens with one attached hydrogen (secondary N) is 1. The summed E-state index contributed by atoms with van der Waals surface area (Å²) in [5.41, 5.74) is 1.17. The minimum atomic E-state index is -0.582. The van der Waals surface area contributed by atoms with Crippen molar-refractivity contribution < 1.29 is 23.9 Å². The summed E-state index contributed by atoms with van der Waals surface area (Å²) in [6.07, 6.45) is 3.06. The molecule has 1 saturated heterocycles. The summed E-state index contributed by atoms with van der Waals surface area (Å²) in [7, 11) is 2.83. The Hall–Kier alpha value is -2.87. The molecular formula is C21H24N2O5S. The standard InChI is InChI=1S/C21H24N2O5S/c1-13-16(21(26)28-3)19(22-18(24)14-7-9-15(27-2)10-8-14)29-17(13)20(25)23-11-5-4-6-12-23/h7-10H,4-6,11-12H2,1-3H3,(H,22,24). The highest BCUT2D eigenvalue weighted by Crippen LogP contribution is 2.35. The average molecular weight is 416 g/mol. The lowest BCUT2D eigenvalue weighted by Gasteiger charge is -2.26. The van der Waals surface area contributed by atoms with Crippen LogP contribution in [0.5, 0.6) is 5.75 Å². The number of anilines is 1. The Morgan fingerprint density at radius 2 is 1.69 bits per heavy atom. The fourth-order valence-electron chi connectivity index (χ4n) is 3.31. The van der Waals surface area contributed by atoms with Crippen LogP contribution in [0.4, 0.5) is 5.00 Å². The Morgan fingerprint density at radius 1 is 1.03 bits per heavy atom. The number of thiophene rings is 1. The number of hydrogen-bond donors (Lipinski definition) is 1. The van der Waals surface area contributed by atoms with Crippen LogP contribution < -0.4 is 10.1 Å². The first kappa shape index (κ1) is 20.9. The molecule has 2 heterocycles. The Balaban J connectivity index is 1.90. The lowest BCUT2D eigenvalue weighted by Crippen LogP contribution is -2.35. The molecule has 0 aliphatic carbocycles. The van der Waals surface area contributed by atoms with Gasteiger partial charge in [-0.2, -0.15) is 0 Å². The molecule has 0 spiro atoms. The van der Waals surface area contributed by atoms with Crippen molar-refractivity contribution in [2.24, 2.45) is 0 Å². The lowest BCUT2D eigenvalue weighted by atomic mass is 10.1. The molecule has 0 atom stereocenters. The van der Waals surface area contributed by atoms with Gasteiger partial charge in [-0.05, 0) is 56.0 Å². The van der Waals surface area contributed by atoms with Gasteiger partial charge in [0.1, 0.15) is 10.8 Å². The Morgan fingerprint density at radius 3 is 2.28 bits per heavy atom. The second-order valence-electron chi connectivity index (χ2n) is 6.79. The van der Waals surface area contributed by atoms with Crippen molar-refractivity contribution in [3.8, 4) is 5.75 Å². The second-order valence-corrected chi connectivity index (χ2v) is 7.81. The van der Waals surface area contributed by atoms with Crippen molar-refractivity contribution in [3.05, 3.63) is 45.8 Å². The van der Waals surface area contributed by atoms with E-state index in [2.05, 4.69) is 5.32 Å². The number of esters is 1. The molecule has 1 aromatic heterocycles. The number of ether oxygens (including phenoxy) is 2. The number of rotatable bonds is 5. The zero-order valence-corrected chi connectivity index (χ0v) is 17.6. The third kappa shape index (κ3) is 4.42. The van der Waals surface area contributed by atoms with Gasteiger partial charge in [-0.1, -0.05) is 0 Å². The summed E-state index contributed by atoms with van der Waals surface area (Å²) in [6.45, 7) is 3.12. The SMILES string of the molecule is COC(=O)c1c(NC(=O)c2ccc(OC)cc2)sc(C(=O)N2CCCCC2)c1C. The first-order valence-corrected chi connectivity index (χ1v) is 10.2. The van der Waals surface area contributed by atoms with Crippen LogP contribution in [0.3, 0.4) is 0 Å². The van der Waals surface area contributed by atoms with Crippen LogP contribution in [0, 0.1) is 6.92 Å². The van der Waals surface area contributed by atoms with Crippen molar-refractivity contribution >= 4 is 34.1 Å². The van der Waals surface area contributed by atoms with Crippen molar-refractivity contribution in [1.82, 2.24) is 4.90 Å². The molecule has 1 aromatic carbocycles. The van der Waals surface area contributed by atoms with Gasteiger partial charge in [0.15, 0.2) is 0 Å². The first-order valence-electron chi connectivity index (χ1n) is 9.42. The van der Waals surface area contributed by atoms with E-state index in [9.17, 15) is 14.4 Å². The van der Waals surface area contributed by atoms with Gasteiger partial charge < -0.3 is 19.7 Å². The minimum Gasteiger partial charge on any atom is -0.497 e. The number of benzene rings is 1. The number of carbonyl (C=O) groups is 3. The van der Waals surface area contributed by atoms with Crippen LogP contribution in [0.15, 0.2) is 24.3 Å². The van der Waals surface area contributed by atoms with Gasteiger partial charge in [-0.3, -0.25) is 9.59 Å². The van der Waals surface area contributed by atoms with E-state index in [-0.39, 0.29) is 17.4 Å². The Bertz CT molecular complexity index is 914. The average Bonchev–Trinajstić information content (AvgIpc) is 3.08. The summed E-state index contributed by atoms with van der Waals surface area (Å²) in [6, 6.07) is 6.63. The van der Waals surface area contributed by atoms with E-state index in [0.717, 1.165) is 30.6 Å². The topological polar surface area (TPSA) is 84.9 Å². The molecule has 1 N–H and O–H groups in total. The smallest absolute Gasteiger partial charge is 0.341 e. The minimum absolute atomic E-state index is 0.109. The maximum Gasteiger partial charge on any atom is 0.341 e. The van der Waals surface area contributed by atoms with Gasteiger partial charge in [0, 0.05) is 18.7 Å². The van der Waals surface area contributed by atoms with E-state index in [0.29, 0.717) is 39.8 Å². The summed E-state index contributed by atoms with van der Waals surface area (Å²) in [5, 5.41) is 3.08. The van der Waals surface area contributed by atoms with E-state index in [1.807, 2.05) is 0 Å². The molecule has 1 fully saturated rings. The normalized spacial score (nSPS) is 13.7. The van der Waals surface area contributed by atoms with Crippen molar-refractivity contribution in [1.29, 1.82) is 0 Å². The van der Waals surface area contributed by atoms with Crippen LogP contribution in [0.25, 0.3) is 0 Å². The molecule has 0 saturated carbocycles. The molecule has 154 valence electrons. The molecule has 0 unspecified atom stereocenters. The monoisotopic (exact) mass is 416 g/mol. The summed E-state index contributed by atoms with van der Waals surface area (Å²) >= 11 is 1.11. The zero-order valence-electron chi connectivity index (χ0n) is 16.7. The van der Waals surface area contributed by atoms with Gasteiger partial charge in [0.05, 0.1) is 24.7 Å². The summed E-state index contributed by atoms with van der Waals surface area (Å²) < 4.78 is 9.99. The highest BCUT2D eigenvalue weighted by molar-refractivity contribution is 7.18. The second kappa shape index (κ2) is 9.09. The number of methoxy groups -OCH3 is 2. The maximum absolute atomic E-state index is 13.0. The third-order valence-electron chi connectivity index (χ3n) is 4.95. The highest BCUT2D eigenvalue weighted by Gasteiger charge is 2.29.